The Balaban J connectivity index is 2.06. The smallest absolute Gasteiger partial charge is 0.171 e. The molecule has 0 fully saturated rings. The zero-order valence-electron chi connectivity index (χ0n) is 11.2. The van der Waals surface area contributed by atoms with Gasteiger partial charge in [0.05, 0.1) is 5.52 Å². The Morgan fingerprint density at radius 1 is 1.35 bits per heavy atom. The zero-order valence-corrected chi connectivity index (χ0v) is 12.0. The van der Waals surface area contributed by atoms with Gasteiger partial charge in [-0.15, -0.1) is 0 Å². The van der Waals surface area contributed by atoms with Gasteiger partial charge in [0.25, 0.3) is 0 Å². The summed E-state index contributed by atoms with van der Waals surface area (Å²) in [6.45, 7) is 2.01. The van der Waals surface area contributed by atoms with E-state index in [9.17, 15) is 0 Å². The third-order valence-corrected chi connectivity index (χ3v) is 3.93. The number of imidazole rings is 1. The van der Waals surface area contributed by atoms with Crippen molar-refractivity contribution in [1.82, 2.24) is 15.0 Å². The molecule has 4 nitrogen and oxygen atoms in total. The first-order valence-electron chi connectivity index (χ1n) is 6.54. The second-order valence-electron chi connectivity index (χ2n) is 4.82. The Hall–Kier alpha value is -1.85. The van der Waals surface area contributed by atoms with Gasteiger partial charge in [-0.1, -0.05) is 18.2 Å². The Kier molecular flexibility index (Phi) is 3.71. The van der Waals surface area contributed by atoms with Crippen LogP contribution in [0.25, 0.3) is 10.9 Å². The maximum absolute atomic E-state index is 5.95. The molecule has 0 aliphatic carbocycles. The SMILES string of the molecule is CC(N)Cc1cc2ccccc2nc1Sc1ncc[nH]1. The van der Waals surface area contributed by atoms with Gasteiger partial charge in [0.1, 0.15) is 5.03 Å². The first kappa shape index (κ1) is 13.1. The summed E-state index contributed by atoms with van der Waals surface area (Å²) in [6.07, 6.45) is 4.37. The number of benzene rings is 1. The third-order valence-electron chi connectivity index (χ3n) is 2.97. The molecule has 20 heavy (non-hydrogen) atoms. The summed E-state index contributed by atoms with van der Waals surface area (Å²) >= 11 is 1.54. The molecule has 0 amide bonds. The lowest BCUT2D eigenvalue weighted by atomic mass is 10.1. The summed E-state index contributed by atoms with van der Waals surface area (Å²) in [7, 11) is 0. The molecule has 3 aromatic rings. The van der Waals surface area contributed by atoms with Crippen molar-refractivity contribution in [1.29, 1.82) is 0 Å². The van der Waals surface area contributed by atoms with Crippen LogP contribution >= 0.6 is 11.8 Å². The summed E-state index contributed by atoms with van der Waals surface area (Å²) in [5.41, 5.74) is 8.11. The minimum atomic E-state index is 0.105. The molecule has 3 rings (SSSR count). The van der Waals surface area contributed by atoms with Gasteiger partial charge in [-0.2, -0.15) is 0 Å². The summed E-state index contributed by atoms with van der Waals surface area (Å²) < 4.78 is 0. The Morgan fingerprint density at radius 2 is 2.20 bits per heavy atom. The molecule has 0 aliphatic rings. The van der Waals surface area contributed by atoms with Crippen LogP contribution < -0.4 is 5.73 Å². The van der Waals surface area contributed by atoms with Crippen LogP contribution in [0.3, 0.4) is 0 Å². The lowest BCUT2D eigenvalue weighted by Crippen LogP contribution is -2.18. The average Bonchev–Trinajstić information content (AvgIpc) is 2.92. The molecule has 1 atom stereocenters. The van der Waals surface area contributed by atoms with Crippen molar-refractivity contribution < 1.29 is 0 Å². The van der Waals surface area contributed by atoms with Gasteiger partial charge in [-0.25, -0.2) is 9.97 Å². The molecule has 3 N–H and O–H groups in total. The average molecular weight is 284 g/mol. The van der Waals surface area contributed by atoms with Crippen molar-refractivity contribution in [3.05, 3.63) is 48.3 Å². The molecule has 5 heteroatoms. The van der Waals surface area contributed by atoms with Crippen LogP contribution in [0.4, 0.5) is 0 Å². The Bertz CT molecular complexity index is 707. The van der Waals surface area contributed by atoms with E-state index in [1.807, 2.05) is 31.3 Å². The number of hydrogen-bond donors (Lipinski definition) is 2. The van der Waals surface area contributed by atoms with Crippen molar-refractivity contribution in [3.63, 3.8) is 0 Å². The van der Waals surface area contributed by atoms with Gasteiger partial charge in [-0.05, 0) is 42.8 Å². The second-order valence-corrected chi connectivity index (χ2v) is 5.80. The van der Waals surface area contributed by atoms with Crippen LogP contribution in [0, 0.1) is 0 Å². The first-order chi connectivity index (χ1) is 9.72. The number of para-hydroxylation sites is 1. The van der Waals surface area contributed by atoms with E-state index in [2.05, 4.69) is 22.1 Å². The van der Waals surface area contributed by atoms with E-state index in [4.69, 9.17) is 10.7 Å². The maximum atomic E-state index is 5.95. The van der Waals surface area contributed by atoms with E-state index in [1.165, 1.54) is 5.56 Å². The topological polar surface area (TPSA) is 67.6 Å². The molecule has 0 aliphatic heterocycles. The number of nitrogens with zero attached hydrogens (tertiary/aromatic N) is 2. The molecule has 102 valence electrons. The van der Waals surface area contributed by atoms with E-state index >= 15 is 0 Å². The van der Waals surface area contributed by atoms with Crippen LogP contribution in [0.15, 0.2) is 52.9 Å². The van der Waals surface area contributed by atoms with Gasteiger partial charge in [0, 0.05) is 23.8 Å². The Morgan fingerprint density at radius 3 is 2.95 bits per heavy atom. The molecule has 1 unspecified atom stereocenters. The second kappa shape index (κ2) is 5.64. The highest BCUT2D eigenvalue weighted by atomic mass is 32.2. The van der Waals surface area contributed by atoms with Crippen LogP contribution in [-0.4, -0.2) is 21.0 Å². The normalized spacial score (nSPS) is 12.7. The highest BCUT2D eigenvalue weighted by Gasteiger charge is 2.11. The highest BCUT2D eigenvalue weighted by Crippen LogP contribution is 2.29. The minimum Gasteiger partial charge on any atom is -0.339 e. The molecule has 2 aromatic heterocycles. The number of fused-ring (bicyclic) bond motifs is 1. The Labute approximate surface area is 121 Å². The number of hydrogen-bond acceptors (Lipinski definition) is 4. The number of nitrogens with one attached hydrogen (secondary N) is 1. The number of H-pyrrole nitrogens is 1. The van der Waals surface area contributed by atoms with Gasteiger partial charge < -0.3 is 10.7 Å². The van der Waals surface area contributed by atoms with E-state index in [-0.39, 0.29) is 6.04 Å². The minimum absolute atomic E-state index is 0.105. The third kappa shape index (κ3) is 2.84. The molecule has 0 saturated carbocycles. The van der Waals surface area contributed by atoms with E-state index < -0.39 is 0 Å². The van der Waals surface area contributed by atoms with E-state index in [1.54, 1.807) is 18.0 Å². The first-order valence-corrected chi connectivity index (χ1v) is 7.35. The quantitative estimate of drug-likeness (QED) is 0.773. The summed E-state index contributed by atoms with van der Waals surface area (Å²) in [6, 6.07) is 10.4. The van der Waals surface area contributed by atoms with Gasteiger partial charge in [0.15, 0.2) is 5.16 Å². The molecule has 2 heterocycles. The molecule has 0 spiro atoms. The van der Waals surface area contributed by atoms with Gasteiger partial charge >= 0.3 is 0 Å². The van der Waals surface area contributed by atoms with Crippen molar-refractivity contribution in [3.8, 4) is 0 Å². The number of aromatic amines is 1. The lowest BCUT2D eigenvalue weighted by molar-refractivity contribution is 0.724. The fraction of sp³-hybridized carbons (Fsp3) is 0.200. The van der Waals surface area contributed by atoms with E-state index in [0.717, 1.165) is 27.5 Å². The monoisotopic (exact) mass is 284 g/mol. The van der Waals surface area contributed by atoms with Gasteiger partial charge in [-0.3, -0.25) is 0 Å². The van der Waals surface area contributed by atoms with E-state index in [0.29, 0.717) is 0 Å². The van der Waals surface area contributed by atoms with Crippen molar-refractivity contribution in [2.45, 2.75) is 29.6 Å². The van der Waals surface area contributed by atoms with Crippen LogP contribution in [0.5, 0.6) is 0 Å². The van der Waals surface area contributed by atoms with Crippen molar-refractivity contribution in [2.75, 3.05) is 0 Å². The number of nitrogens with two attached hydrogens (primary N) is 1. The predicted molar refractivity (Wildman–Crippen MR) is 81.8 cm³/mol. The standard InChI is InChI=1S/C15H16N4S/c1-10(16)8-12-9-11-4-2-3-5-13(11)19-14(12)20-15-17-6-7-18-15/h2-7,9-10H,8,16H2,1H3,(H,17,18). The lowest BCUT2D eigenvalue weighted by Gasteiger charge is -2.11. The predicted octanol–water partition coefficient (Wildman–Crippen LogP) is 3.00. The summed E-state index contributed by atoms with van der Waals surface area (Å²) in [5.74, 6) is 0. The fourth-order valence-electron chi connectivity index (χ4n) is 2.12. The fourth-order valence-corrected chi connectivity index (χ4v) is 2.96. The number of rotatable bonds is 4. The van der Waals surface area contributed by atoms with Crippen molar-refractivity contribution >= 4 is 22.7 Å². The molecule has 1 aromatic carbocycles. The summed E-state index contributed by atoms with van der Waals surface area (Å²) in [5, 5.41) is 2.96. The highest BCUT2D eigenvalue weighted by molar-refractivity contribution is 7.99. The van der Waals surface area contributed by atoms with Crippen LogP contribution in [0.2, 0.25) is 0 Å². The maximum Gasteiger partial charge on any atom is 0.171 e. The molecular weight excluding hydrogens is 268 g/mol. The van der Waals surface area contributed by atoms with Crippen molar-refractivity contribution in [2.24, 2.45) is 5.73 Å². The molecular formula is C15H16N4S. The zero-order chi connectivity index (χ0) is 13.9. The summed E-state index contributed by atoms with van der Waals surface area (Å²) in [4.78, 5) is 12.1. The molecule has 0 saturated heterocycles. The number of aromatic nitrogens is 3. The largest absolute Gasteiger partial charge is 0.339 e. The van der Waals surface area contributed by atoms with Crippen LogP contribution in [-0.2, 0) is 6.42 Å². The molecule has 0 bridgehead atoms. The molecule has 0 radical (unpaired) electrons. The van der Waals surface area contributed by atoms with Gasteiger partial charge in [0.2, 0.25) is 0 Å². The van der Waals surface area contributed by atoms with Crippen LogP contribution in [0.1, 0.15) is 12.5 Å². The number of pyridine rings is 1.